The Morgan fingerprint density at radius 1 is 0.450 bits per heavy atom. The summed E-state index contributed by atoms with van der Waals surface area (Å²) in [6.07, 6.45) is 14.0. The summed E-state index contributed by atoms with van der Waals surface area (Å²) in [7, 11) is 0. The number of alkyl halides is 2. The number of ether oxygens (including phenoxy) is 2. The topological polar surface area (TPSA) is 416 Å². The van der Waals surface area contributed by atoms with Gasteiger partial charge in [0.2, 0.25) is 47.3 Å². The summed E-state index contributed by atoms with van der Waals surface area (Å²) in [5.74, 6) is 1.50. The maximum atomic E-state index is 12.7. The second-order valence-electron chi connectivity index (χ2n) is 33.1. The molecule has 8 aliphatic heterocycles. The number of ketones is 2. The molecule has 6 amide bonds. The average molecular weight is 1870 g/mol. The fourth-order valence-electron chi connectivity index (χ4n) is 17.9. The summed E-state index contributed by atoms with van der Waals surface area (Å²) in [6.45, 7) is 7.05. The molecule has 6 aromatic carbocycles. The van der Waals surface area contributed by atoms with Gasteiger partial charge in [-0.3, -0.25) is 33.6 Å². The van der Waals surface area contributed by atoms with E-state index in [1.54, 1.807) is 39.5 Å². The van der Waals surface area contributed by atoms with E-state index in [0.29, 0.717) is 126 Å². The number of benzene rings is 6. The first-order chi connectivity index (χ1) is 62.8. The third kappa shape index (κ3) is 21.3. The number of amides is 6. The first kappa shape index (κ1) is 87.7. The third-order valence-corrected chi connectivity index (χ3v) is 26.0. The number of hydrogen-bond donors (Lipinski definition) is 8. The van der Waals surface area contributed by atoms with Crippen LogP contribution >= 0.6 is 31.9 Å². The number of Topliss-reactive ketones (excluding diaryl/α,β-unsaturated/α-hetero) is 2. The minimum absolute atomic E-state index is 0.00221. The number of piperidine rings is 2. The van der Waals surface area contributed by atoms with Gasteiger partial charge >= 0.3 is 18.2 Å². The van der Waals surface area contributed by atoms with Crippen LogP contribution in [0.1, 0.15) is 119 Å². The van der Waals surface area contributed by atoms with E-state index in [0.717, 1.165) is 80.8 Å². The van der Waals surface area contributed by atoms with E-state index < -0.39 is 5.97 Å². The highest BCUT2D eigenvalue weighted by Gasteiger charge is 2.37. The molecule has 4 aliphatic carbocycles. The molecule has 2 atom stereocenters. The zero-order valence-electron chi connectivity index (χ0n) is 70.4. The SMILES string of the molecule is O=C(O)Cc1nnc(-c2cnc(NC3Cc4ccccc4C3)nc2)o1.O=C1CC2=C(CCN(C(=O)Cc3nnc(-c4cnc(NC5Cc6ccccc6C5)nc4)o3)C2)N1.O=C1CC2=C(CCN(C(=O)OCC3c4ccccc4-c4ccccc43)C2)N1.O=C1CC2=C(CCNC2)N1.O=C1CCN(C(=O)OCC2c3ccccc3-c3ccccc32)CC1Br.O=C1CCNCC1Br. The smallest absolute Gasteiger partial charge is 0.410 e. The standard InChI is InChI=1S/C24H23N7O3.C22H20N2O3.C20H18BrNO3.C17H15N5O3.C7H10N2O.C5H8BrNO/c32-20-9-16-13-31(6-5-19(16)28-20)22(33)10-21-29-30-23(34-21)17-11-25-24(26-12-17)27-18-7-14-3-1-2-4-15(14)8-18;25-21-11-14-12-24(10-9-20(14)23-21)22(26)27-13-19-17-7-3-1-5-15(17)16-6-2-4-8-18(16)19;21-18-11-22(10-9-19(18)23)20(24)25-12-17-15-7-3-1-5-13(15)14-6-2-4-8-16(14)17;23-15(24)7-14-21-22-16(25-14)12-8-18-17(19-9-12)20-13-5-10-3-1-2-4-11(10)6-13;10-7-3-5-4-8-2-1-6(5)9-7;6-4-3-7-2-1-5(4)8/h1-4,11-12,18H,5-10,13H2,(H,28,32)(H,25,26,27);1-8,19H,9-13H2,(H,23,25);1-8,17-18H,9-12H2;1-4,8-9,13H,5-7H2,(H,23,24)(H,18,19,20);8H,1-4H2,(H,9,10);4,7H,1-3H2. The maximum Gasteiger partial charge on any atom is 0.410 e. The summed E-state index contributed by atoms with van der Waals surface area (Å²) in [6, 6.07) is 50.5. The molecular weight excluding hydrogens is 1780 g/mol. The molecule has 8 N–H and O–H groups in total. The van der Waals surface area contributed by atoms with E-state index in [4.69, 9.17) is 23.4 Å². The number of likely N-dealkylation sites (tertiary alicyclic amines) is 1. The molecule has 22 rings (SSSR count). The lowest BCUT2D eigenvalue weighted by Gasteiger charge is -2.28. The fourth-order valence-corrected chi connectivity index (χ4v) is 19.0. The Morgan fingerprint density at radius 3 is 1.28 bits per heavy atom. The van der Waals surface area contributed by atoms with Gasteiger partial charge in [0.15, 0.2) is 0 Å². The highest BCUT2D eigenvalue weighted by atomic mass is 79.9. The van der Waals surface area contributed by atoms with Gasteiger partial charge in [0.25, 0.3) is 11.8 Å². The van der Waals surface area contributed by atoms with Gasteiger partial charge in [0.1, 0.15) is 37.6 Å². The van der Waals surface area contributed by atoms with Gasteiger partial charge in [-0.2, -0.15) is 0 Å². The molecule has 0 radical (unpaired) electrons. The molecule has 129 heavy (non-hydrogen) atoms. The largest absolute Gasteiger partial charge is 0.481 e. The lowest BCUT2D eigenvalue weighted by Crippen LogP contribution is -2.45. The second-order valence-corrected chi connectivity index (χ2v) is 35.3. The number of aromatic nitrogens is 8. The number of anilines is 2. The van der Waals surface area contributed by atoms with Crippen LogP contribution in [0, 0.1) is 0 Å². The number of halogens is 2. The highest BCUT2D eigenvalue weighted by Crippen LogP contribution is 2.47. The Hall–Kier alpha value is -13.3. The third-order valence-electron chi connectivity index (χ3n) is 24.4. The van der Waals surface area contributed by atoms with Crippen molar-refractivity contribution in [3.63, 3.8) is 0 Å². The highest BCUT2D eigenvalue weighted by molar-refractivity contribution is 9.10. The van der Waals surface area contributed by atoms with E-state index >= 15 is 0 Å². The van der Waals surface area contributed by atoms with Gasteiger partial charge in [0, 0.05) is 163 Å². The maximum absolute atomic E-state index is 12.7. The number of carboxylic acid groups (broad SMARTS) is 1. The Kier molecular flexibility index (Phi) is 27.4. The Balaban J connectivity index is 0.000000114. The lowest BCUT2D eigenvalue weighted by molar-refractivity contribution is -0.136. The predicted octanol–water partition coefficient (Wildman–Crippen LogP) is 10.8. The molecule has 2 unspecified atom stereocenters. The second kappa shape index (κ2) is 40.3. The van der Waals surface area contributed by atoms with Gasteiger partial charge in [-0.1, -0.05) is 177 Å². The molecule has 12 aliphatic rings. The van der Waals surface area contributed by atoms with Crippen molar-refractivity contribution < 1.29 is 66.6 Å². The molecule has 662 valence electrons. The summed E-state index contributed by atoms with van der Waals surface area (Å²) in [4.78, 5) is 127. The van der Waals surface area contributed by atoms with Crippen molar-refractivity contribution in [2.24, 2.45) is 0 Å². The number of carboxylic acids is 1. The van der Waals surface area contributed by atoms with Crippen LogP contribution in [-0.4, -0.2) is 214 Å². The van der Waals surface area contributed by atoms with Crippen molar-refractivity contribution in [2.45, 2.75) is 123 Å². The number of nitrogens with one attached hydrogen (secondary N) is 7. The number of nitrogens with zero attached hydrogens (tertiary/aromatic N) is 11. The van der Waals surface area contributed by atoms with Gasteiger partial charge in [0.05, 0.1) is 40.0 Å². The number of hydrogen-bond acceptors (Lipinski definition) is 25. The van der Waals surface area contributed by atoms with E-state index in [1.165, 1.54) is 78.0 Å². The number of carbonyl (C=O) groups is 9. The zero-order valence-corrected chi connectivity index (χ0v) is 73.6. The van der Waals surface area contributed by atoms with Crippen molar-refractivity contribution in [1.29, 1.82) is 0 Å². The molecule has 0 saturated carbocycles. The van der Waals surface area contributed by atoms with Crippen molar-refractivity contribution >= 4 is 97.1 Å². The molecule has 10 aromatic rings. The van der Waals surface area contributed by atoms with Crippen LogP contribution in [0.3, 0.4) is 0 Å². The van der Waals surface area contributed by atoms with Crippen LogP contribution in [0.15, 0.2) is 213 Å². The average Bonchev–Trinajstić information content (AvgIpc) is 1.61. The predicted molar refractivity (Wildman–Crippen MR) is 482 cm³/mol. The van der Waals surface area contributed by atoms with E-state index in [-0.39, 0.29) is 112 Å². The fraction of sp³-hybridized carbons (Fsp3) is 0.337. The first-order valence-electron chi connectivity index (χ1n) is 43.2. The quantitative estimate of drug-likeness (QED) is 0.0469. The zero-order chi connectivity index (χ0) is 89.0. The minimum atomic E-state index is -1.02. The van der Waals surface area contributed by atoms with E-state index in [2.05, 4.69) is 206 Å². The van der Waals surface area contributed by atoms with Gasteiger partial charge < -0.3 is 75.3 Å². The van der Waals surface area contributed by atoms with Crippen molar-refractivity contribution in [1.82, 2.24) is 81.6 Å². The van der Waals surface area contributed by atoms with E-state index in [9.17, 15) is 43.2 Å². The molecule has 2 fully saturated rings. The van der Waals surface area contributed by atoms with Crippen LogP contribution in [0.2, 0.25) is 0 Å². The van der Waals surface area contributed by atoms with Crippen LogP contribution < -0.4 is 37.2 Å². The van der Waals surface area contributed by atoms with Crippen LogP contribution in [0.25, 0.3) is 45.2 Å². The van der Waals surface area contributed by atoms with E-state index in [1.807, 2.05) is 48.5 Å². The summed E-state index contributed by atoms with van der Waals surface area (Å²) in [5.41, 5.74) is 22.6. The van der Waals surface area contributed by atoms with Crippen LogP contribution in [-0.2, 0) is 81.6 Å². The Morgan fingerprint density at radius 2 is 0.845 bits per heavy atom. The number of aliphatic carboxylic acids is 1. The summed E-state index contributed by atoms with van der Waals surface area (Å²) >= 11 is 6.57. The number of carbonyl (C=O) groups excluding carboxylic acids is 8. The lowest BCUT2D eigenvalue weighted by atomic mass is 9.98. The van der Waals surface area contributed by atoms with Gasteiger partial charge in [-0.25, -0.2) is 29.5 Å². The number of rotatable bonds is 14. The monoisotopic (exact) mass is 1870 g/mol. The van der Waals surface area contributed by atoms with Crippen molar-refractivity contribution in [2.75, 3.05) is 89.3 Å². The molecule has 12 heterocycles. The molecule has 0 bridgehead atoms. The molecule has 32 nitrogen and oxygen atoms in total. The molecular formula is C95H94Br2N18O14. The molecule has 0 spiro atoms. The normalized spacial score (nSPS) is 18.6. The molecule has 34 heteroatoms. The van der Waals surface area contributed by atoms with Gasteiger partial charge in [-0.05, 0) is 109 Å². The Bertz CT molecular complexity index is 5880. The Labute approximate surface area is 759 Å². The van der Waals surface area contributed by atoms with Gasteiger partial charge in [-0.15, -0.1) is 20.4 Å². The van der Waals surface area contributed by atoms with Crippen LogP contribution in [0.4, 0.5) is 21.5 Å². The van der Waals surface area contributed by atoms with Crippen LogP contribution in [0.5, 0.6) is 0 Å². The van der Waals surface area contributed by atoms with Crippen molar-refractivity contribution in [3.05, 3.63) is 260 Å². The minimum Gasteiger partial charge on any atom is -0.481 e. The molecule has 2 saturated heterocycles. The molecule has 4 aromatic heterocycles. The van der Waals surface area contributed by atoms with Crippen molar-refractivity contribution in [3.8, 4) is 45.2 Å². The first-order valence-corrected chi connectivity index (χ1v) is 45.1. The summed E-state index contributed by atoms with van der Waals surface area (Å²) < 4.78 is 22.3. The number of fused-ring (bicyclic) bond motifs is 8. The summed E-state index contributed by atoms with van der Waals surface area (Å²) in [5, 5.41) is 45.9.